The van der Waals surface area contributed by atoms with E-state index in [4.69, 9.17) is 0 Å². The van der Waals surface area contributed by atoms with Gasteiger partial charge in [0.15, 0.2) is 0 Å². The second-order valence-corrected chi connectivity index (χ2v) is 14.8. The molecule has 0 spiro atoms. The largest absolute Gasteiger partial charge is 0.310 e. The van der Waals surface area contributed by atoms with Crippen LogP contribution in [0.25, 0.3) is 0 Å². The van der Waals surface area contributed by atoms with Crippen LogP contribution in [0.4, 0.5) is 68.2 Å². The average molecular weight is 725 g/mol. The first kappa shape index (κ1) is 34.7. The van der Waals surface area contributed by atoms with Crippen LogP contribution in [-0.4, -0.2) is 0 Å². The van der Waals surface area contributed by atoms with Gasteiger partial charge in [0, 0.05) is 68.2 Å². The Morgan fingerprint density at radius 3 is 0.518 bits per heavy atom. The first-order valence-electron chi connectivity index (χ1n) is 19.3. The molecule has 1 aliphatic heterocycles. The van der Waals surface area contributed by atoms with Crippen LogP contribution >= 0.6 is 0 Å². The van der Waals surface area contributed by atoms with E-state index in [1.165, 1.54) is 22.3 Å². The zero-order valence-electron chi connectivity index (χ0n) is 32.3. The second kappa shape index (κ2) is 14.7. The van der Waals surface area contributed by atoms with Gasteiger partial charge in [0.1, 0.15) is 0 Å². The standard InChI is InChI=1S/C52H44N4/c1-37-17-25-41(26-18-37)53-45-9-5-11-47(33-45)54(42-27-19-38(2)20-28-42)49-13-7-15-51(35-49)56(44-31-23-40(4)24-32-44)52-16-8-14-50(36-52)55(43-29-21-39(3)22-30-43)48-12-6-10-46(53)34-48/h5-36H,1-4H3. The summed E-state index contributed by atoms with van der Waals surface area (Å²) in [6, 6.07) is 70.9. The lowest BCUT2D eigenvalue weighted by molar-refractivity contribution is 1.21. The molecule has 8 aromatic carbocycles. The summed E-state index contributed by atoms with van der Waals surface area (Å²) < 4.78 is 0. The zero-order valence-corrected chi connectivity index (χ0v) is 32.3. The summed E-state index contributed by atoms with van der Waals surface area (Å²) in [6.45, 7) is 8.56. The van der Waals surface area contributed by atoms with Crippen LogP contribution in [-0.2, 0) is 0 Å². The first-order chi connectivity index (χ1) is 27.4. The predicted octanol–water partition coefficient (Wildman–Crippen LogP) is 15.1. The topological polar surface area (TPSA) is 13.0 Å². The van der Waals surface area contributed by atoms with Gasteiger partial charge >= 0.3 is 0 Å². The molecule has 8 bridgehead atoms. The van der Waals surface area contributed by atoms with Crippen molar-refractivity contribution in [2.75, 3.05) is 19.6 Å². The Bertz CT molecular complexity index is 2180. The van der Waals surface area contributed by atoms with Crippen molar-refractivity contribution in [2.24, 2.45) is 0 Å². The fourth-order valence-electron chi connectivity index (χ4n) is 7.65. The molecule has 1 heterocycles. The van der Waals surface area contributed by atoms with Crippen molar-refractivity contribution < 1.29 is 0 Å². The highest BCUT2D eigenvalue weighted by Crippen LogP contribution is 2.46. The third-order valence-electron chi connectivity index (χ3n) is 10.6. The number of rotatable bonds is 4. The van der Waals surface area contributed by atoms with Crippen LogP contribution in [0.15, 0.2) is 194 Å². The summed E-state index contributed by atoms with van der Waals surface area (Å²) in [5.41, 5.74) is 17.8. The Kier molecular flexibility index (Phi) is 9.08. The quantitative estimate of drug-likeness (QED) is 0.179. The molecule has 0 saturated carbocycles. The van der Waals surface area contributed by atoms with E-state index in [2.05, 4.69) is 241 Å². The molecule has 0 aromatic heterocycles. The molecule has 272 valence electrons. The van der Waals surface area contributed by atoms with Crippen LogP contribution < -0.4 is 19.6 Å². The molecule has 0 amide bonds. The van der Waals surface area contributed by atoms with E-state index in [-0.39, 0.29) is 0 Å². The Morgan fingerprint density at radius 2 is 0.357 bits per heavy atom. The lowest BCUT2D eigenvalue weighted by atomic mass is 10.1. The van der Waals surface area contributed by atoms with Gasteiger partial charge in [-0.15, -0.1) is 0 Å². The van der Waals surface area contributed by atoms with E-state index in [0.29, 0.717) is 0 Å². The molecule has 8 aromatic rings. The van der Waals surface area contributed by atoms with Crippen LogP contribution in [0, 0.1) is 27.7 Å². The minimum atomic E-state index is 1.06. The van der Waals surface area contributed by atoms with Crippen molar-refractivity contribution in [3.63, 3.8) is 0 Å². The molecule has 0 N–H and O–H groups in total. The highest BCUT2D eigenvalue weighted by Gasteiger charge is 2.22. The average Bonchev–Trinajstić information content (AvgIpc) is 3.22. The molecule has 0 saturated heterocycles. The van der Waals surface area contributed by atoms with Crippen molar-refractivity contribution in [1.29, 1.82) is 0 Å². The van der Waals surface area contributed by atoms with Gasteiger partial charge in [-0.05, 0) is 149 Å². The third-order valence-corrected chi connectivity index (χ3v) is 10.6. The van der Waals surface area contributed by atoms with E-state index in [1.54, 1.807) is 0 Å². The van der Waals surface area contributed by atoms with Gasteiger partial charge in [-0.2, -0.15) is 0 Å². The molecule has 9 rings (SSSR count). The Balaban J connectivity index is 1.35. The number of anilines is 12. The van der Waals surface area contributed by atoms with Crippen LogP contribution in [0.3, 0.4) is 0 Å². The van der Waals surface area contributed by atoms with Gasteiger partial charge in [-0.1, -0.05) is 95.1 Å². The van der Waals surface area contributed by atoms with E-state index >= 15 is 0 Å². The minimum absolute atomic E-state index is 1.06. The molecule has 0 unspecified atom stereocenters. The van der Waals surface area contributed by atoms with Crippen LogP contribution in [0.1, 0.15) is 22.3 Å². The highest BCUT2D eigenvalue weighted by molar-refractivity contribution is 5.89. The molecule has 0 radical (unpaired) electrons. The van der Waals surface area contributed by atoms with E-state index in [9.17, 15) is 0 Å². The number of benzene rings is 8. The molecule has 56 heavy (non-hydrogen) atoms. The van der Waals surface area contributed by atoms with Crippen molar-refractivity contribution >= 4 is 68.2 Å². The zero-order chi connectivity index (χ0) is 38.2. The van der Waals surface area contributed by atoms with Gasteiger partial charge < -0.3 is 19.6 Å². The molecular formula is C52H44N4. The molecule has 0 aliphatic carbocycles. The summed E-state index contributed by atoms with van der Waals surface area (Å²) in [4.78, 5) is 9.46. The van der Waals surface area contributed by atoms with Crippen molar-refractivity contribution in [3.05, 3.63) is 216 Å². The van der Waals surface area contributed by atoms with E-state index in [0.717, 1.165) is 68.2 Å². The summed E-state index contributed by atoms with van der Waals surface area (Å²) in [5.74, 6) is 0. The lowest BCUT2D eigenvalue weighted by Crippen LogP contribution is -2.16. The van der Waals surface area contributed by atoms with E-state index < -0.39 is 0 Å². The van der Waals surface area contributed by atoms with Crippen molar-refractivity contribution in [1.82, 2.24) is 0 Å². The van der Waals surface area contributed by atoms with Gasteiger partial charge in [0.05, 0.1) is 0 Å². The number of nitrogens with zero attached hydrogens (tertiary/aromatic N) is 4. The van der Waals surface area contributed by atoms with Gasteiger partial charge in [0.2, 0.25) is 0 Å². The maximum atomic E-state index is 2.37. The minimum Gasteiger partial charge on any atom is -0.310 e. The lowest BCUT2D eigenvalue weighted by Gasteiger charge is -2.33. The summed E-state index contributed by atoms with van der Waals surface area (Å²) >= 11 is 0. The number of fused-ring (bicyclic) bond motifs is 8. The van der Waals surface area contributed by atoms with Gasteiger partial charge in [-0.25, -0.2) is 0 Å². The Labute approximate surface area is 330 Å². The summed E-state index contributed by atoms with van der Waals surface area (Å²) in [7, 11) is 0. The first-order valence-corrected chi connectivity index (χ1v) is 19.3. The fraction of sp³-hybridized carbons (Fsp3) is 0.0769. The molecule has 4 nitrogen and oxygen atoms in total. The molecule has 0 fully saturated rings. The third kappa shape index (κ3) is 6.78. The SMILES string of the molecule is Cc1ccc(N2c3cccc(c3)N(c3ccc(C)cc3)c3cccc(c3)N(c3ccc(C)cc3)c3cccc(c3)N(c3ccc(C)cc3)c3cccc2c3)cc1. The van der Waals surface area contributed by atoms with Crippen molar-refractivity contribution in [3.8, 4) is 0 Å². The molecular weight excluding hydrogens is 681 g/mol. The summed E-state index contributed by atoms with van der Waals surface area (Å²) in [6.07, 6.45) is 0. The fourth-order valence-corrected chi connectivity index (χ4v) is 7.65. The monoisotopic (exact) mass is 724 g/mol. The Morgan fingerprint density at radius 1 is 0.196 bits per heavy atom. The summed E-state index contributed by atoms with van der Waals surface area (Å²) in [5, 5.41) is 0. The molecule has 1 aliphatic rings. The van der Waals surface area contributed by atoms with Gasteiger partial charge in [-0.3, -0.25) is 0 Å². The number of hydrogen-bond donors (Lipinski definition) is 0. The van der Waals surface area contributed by atoms with Gasteiger partial charge in [0.25, 0.3) is 0 Å². The molecule has 0 atom stereocenters. The van der Waals surface area contributed by atoms with E-state index in [1.807, 2.05) is 0 Å². The second-order valence-electron chi connectivity index (χ2n) is 14.8. The van der Waals surface area contributed by atoms with Crippen molar-refractivity contribution in [2.45, 2.75) is 27.7 Å². The normalized spacial score (nSPS) is 12.5. The van der Waals surface area contributed by atoms with Crippen LogP contribution in [0.2, 0.25) is 0 Å². The van der Waals surface area contributed by atoms with Crippen LogP contribution in [0.5, 0.6) is 0 Å². The predicted molar refractivity (Wildman–Crippen MR) is 238 cm³/mol. The highest BCUT2D eigenvalue weighted by atomic mass is 15.2. The number of hydrogen-bond acceptors (Lipinski definition) is 4. The smallest absolute Gasteiger partial charge is 0.0482 e. The maximum absolute atomic E-state index is 2.37. The number of aryl methyl sites for hydroxylation is 4. The maximum Gasteiger partial charge on any atom is 0.0482 e. The molecule has 4 heteroatoms. The Hall–Kier alpha value is -7.04.